The molecule has 2 fully saturated rings. The van der Waals surface area contributed by atoms with Crippen LogP contribution in [0.3, 0.4) is 0 Å². The fourth-order valence-corrected chi connectivity index (χ4v) is 5.86. The molecule has 1 aromatic carbocycles. The van der Waals surface area contributed by atoms with Crippen molar-refractivity contribution in [2.45, 2.75) is 28.2 Å². The molecule has 35 heavy (non-hydrogen) atoms. The van der Waals surface area contributed by atoms with Crippen LogP contribution in [0.25, 0.3) is 0 Å². The Morgan fingerprint density at radius 1 is 1.31 bits per heavy atom. The molecule has 3 rings (SSSR count). The molecule has 9 nitrogen and oxygen atoms in total. The topological polar surface area (TPSA) is 122 Å². The van der Waals surface area contributed by atoms with E-state index in [2.05, 4.69) is 21.2 Å². The third kappa shape index (κ3) is 6.26. The zero-order valence-corrected chi connectivity index (χ0v) is 22.8. The van der Waals surface area contributed by atoms with Crippen molar-refractivity contribution in [3.63, 3.8) is 0 Å². The Bertz CT molecular complexity index is 1040. The van der Waals surface area contributed by atoms with E-state index in [9.17, 15) is 24.3 Å². The second-order valence-electron chi connectivity index (χ2n) is 7.80. The van der Waals surface area contributed by atoms with Gasteiger partial charge in [0.1, 0.15) is 24.6 Å². The van der Waals surface area contributed by atoms with Gasteiger partial charge in [0.05, 0.1) is 0 Å². The molecule has 190 valence electrons. The van der Waals surface area contributed by atoms with Gasteiger partial charge in [0.25, 0.3) is 5.91 Å². The summed E-state index contributed by atoms with van der Waals surface area (Å²) in [6, 6.07) is 7.33. The third-order valence-electron chi connectivity index (χ3n) is 5.34. The van der Waals surface area contributed by atoms with Gasteiger partial charge in [0, 0.05) is 18.4 Å². The molecule has 2 heterocycles. The predicted octanol–water partition coefficient (Wildman–Crippen LogP) is 2.82. The van der Waals surface area contributed by atoms with Gasteiger partial charge in [-0.15, -0.1) is 11.8 Å². The number of benzene rings is 1. The average Bonchev–Trinajstić information content (AvgIpc) is 2.83. The van der Waals surface area contributed by atoms with E-state index in [1.807, 2.05) is 0 Å². The van der Waals surface area contributed by atoms with Crippen molar-refractivity contribution in [2.24, 2.45) is 5.41 Å². The van der Waals surface area contributed by atoms with Crippen molar-refractivity contribution in [1.29, 1.82) is 0 Å². The number of rotatable bonds is 7. The number of ether oxygens (including phenoxy) is 2. The highest BCUT2D eigenvalue weighted by molar-refractivity contribution is 9.11. The first-order valence-electron chi connectivity index (χ1n) is 10.1. The summed E-state index contributed by atoms with van der Waals surface area (Å²) in [5, 5.41) is 12.3. The fourth-order valence-electron chi connectivity index (χ4n) is 3.57. The highest BCUT2D eigenvalue weighted by Gasteiger charge is 2.61. The molecule has 2 amide bonds. The molecule has 0 bridgehead atoms. The lowest BCUT2D eigenvalue weighted by Crippen LogP contribution is -2.74. The number of aliphatic hydroxyl groups excluding tert-OH is 1. The minimum absolute atomic E-state index is 0.208. The SMILES string of the molecule is CC(=O)OCC1(C(=O)OCC(Cl)(Cl)Cl)CN2C(=O)C(NC(=O)C(O)c3ccccc3)[C@H]2SC1=CBr. The highest BCUT2D eigenvalue weighted by Crippen LogP contribution is 2.51. The van der Waals surface area contributed by atoms with Crippen molar-refractivity contribution in [1.82, 2.24) is 10.2 Å². The molecule has 0 saturated carbocycles. The average molecular weight is 631 g/mol. The largest absolute Gasteiger partial charge is 0.464 e. The zero-order valence-electron chi connectivity index (χ0n) is 18.1. The van der Waals surface area contributed by atoms with E-state index in [4.69, 9.17) is 44.3 Å². The summed E-state index contributed by atoms with van der Waals surface area (Å²) in [5.41, 5.74) is -1.21. The number of β-lactam (4-membered cyclic amide) rings is 1. The summed E-state index contributed by atoms with van der Waals surface area (Å²) >= 11 is 21.4. The van der Waals surface area contributed by atoms with Crippen LogP contribution in [0.4, 0.5) is 0 Å². The number of alkyl halides is 3. The molecule has 2 aliphatic rings. The normalized spacial score (nSPS) is 25.8. The highest BCUT2D eigenvalue weighted by atomic mass is 79.9. The second-order valence-corrected chi connectivity index (χ2v) is 11.9. The first kappa shape index (κ1) is 28.1. The summed E-state index contributed by atoms with van der Waals surface area (Å²) in [6.07, 6.45) is -1.46. The molecule has 0 aromatic heterocycles. The van der Waals surface area contributed by atoms with E-state index < -0.39 is 63.7 Å². The smallest absolute Gasteiger partial charge is 0.322 e. The van der Waals surface area contributed by atoms with Gasteiger partial charge in [-0.1, -0.05) is 81.1 Å². The Labute approximate surface area is 228 Å². The van der Waals surface area contributed by atoms with E-state index in [1.54, 1.807) is 30.3 Å². The van der Waals surface area contributed by atoms with Crippen molar-refractivity contribution in [3.05, 3.63) is 45.8 Å². The molecule has 1 aromatic rings. The molecular weight excluding hydrogens is 611 g/mol. The molecule has 0 radical (unpaired) electrons. The van der Waals surface area contributed by atoms with Crippen molar-refractivity contribution < 1.29 is 33.8 Å². The van der Waals surface area contributed by atoms with E-state index in [0.717, 1.165) is 11.8 Å². The molecule has 0 aliphatic carbocycles. The summed E-state index contributed by atoms with van der Waals surface area (Å²) in [5.74, 6) is -2.72. The van der Waals surface area contributed by atoms with Gasteiger partial charge in [-0.25, -0.2) is 0 Å². The Morgan fingerprint density at radius 2 is 1.97 bits per heavy atom. The Morgan fingerprint density at radius 3 is 2.54 bits per heavy atom. The second kappa shape index (κ2) is 11.3. The number of esters is 2. The van der Waals surface area contributed by atoms with Gasteiger partial charge in [0.15, 0.2) is 11.5 Å². The first-order chi connectivity index (χ1) is 16.4. The van der Waals surface area contributed by atoms with Crippen LogP contribution in [-0.2, 0) is 28.7 Å². The minimum Gasteiger partial charge on any atom is -0.464 e. The molecule has 2 N–H and O–H groups in total. The maximum atomic E-state index is 13.1. The molecule has 14 heteroatoms. The Hall–Kier alpha value is -1.50. The number of aliphatic hydroxyl groups is 1. The molecule has 0 spiro atoms. The molecule has 2 saturated heterocycles. The van der Waals surface area contributed by atoms with Crippen molar-refractivity contribution in [2.75, 3.05) is 19.8 Å². The van der Waals surface area contributed by atoms with E-state index >= 15 is 0 Å². The molecule has 3 unspecified atom stereocenters. The van der Waals surface area contributed by atoms with Gasteiger partial charge < -0.3 is 24.8 Å². The number of nitrogens with zero attached hydrogens (tertiary/aromatic N) is 1. The van der Waals surface area contributed by atoms with Crippen LogP contribution in [0.1, 0.15) is 18.6 Å². The summed E-state index contributed by atoms with van der Waals surface area (Å²) in [6.45, 7) is -0.0206. The van der Waals surface area contributed by atoms with E-state index in [1.165, 1.54) is 16.8 Å². The predicted molar refractivity (Wildman–Crippen MR) is 134 cm³/mol. The summed E-state index contributed by atoms with van der Waals surface area (Å²) in [4.78, 5) is 53.3. The number of amides is 2. The lowest BCUT2D eigenvalue weighted by Gasteiger charge is -2.54. The maximum absolute atomic E-state index is 13.1. The zero-order chi connectivity index (χ0) is 26.0. The van der Waals surface area contributed by atoms with Gasteiger partial charge in [-0.05, 0) is 10.5 Å². The Kier molecular flexibility index (Phi) is 9.04. The first-order valence-corrected chi connectivity index (χ1v) is 13.0. The van der Waals surface area contributed by atoms with E-state index in [-0.39, 0.29) is 6.54 Å². The lowest BCUT2D eigenvalue weighted by molar-refractivity contribution is -0.167. The summed E-state index contributed by atoms with van der Waals surface area (Å²) < 4.78 is 8.44. The van der Waals surface area contributed by atoms with Gasteiger partial charge in [-0.3, -0.25) is 19.2 Å². The van der Waals surface area contributed by atoms with Crippen LogP contribution >= 0.6 is 62.5 Å². The van der Waals surface area contributed by atoms with Crippen LogP contribution < -0.4 is 5.32 Å². The number of carbonyl (C=O) groups is 4. The number of carbonyl (C=O) groups excluding carboxylic acids is 4. The summed E-state index contributed by atoms with van der Waals surface area (Å²) in [7, 11) is 0. The quantitative estimate of drug-likeness (QED) is 0.268. The van der Waals surface area contributed by atoms with Crippen LogP contribution in [0, 0.1) is 5.41 Å². The number of nitrogens with one attached hydrogen (secondary N) is 1. The van der Waals surface area contributed by atoms with Crippen molar-refractivity contribution in [3.8, 4) is 0 Å². The third-order valence-corrected chi connectivity index (χ3v) is 7.96. The lowest BCUT2D eigenvalue weighted by atomic mass is 9.85. The monoisotopic (exact) mass is 628 g/mol. The fraction of sp³-hybridized carbons (Fsp3) is 0.429. The minimum atomic E-state index is -1.87. The number of hydrogen-bond donors (Lipinski definition) is 2. The standard InChI is InChI=1S/C21H20BrCl3N2O7S/c1-11(28)33-9-20(19(32)34-10-21(23,24)25)8-27-17(31)14(18(27)35-13(20)7-22)26-16(30)15(29)12-5-3-2-4-6-12/h2-7,14-15,18,29H,8-10H2,1H3,(H,26,30)/t14?,15?,18-,20?/m1/s1. The van der Waals surface area contributed by atoms with Crippen molar-refractivity contribution >= 4 is 86.2 Å². The van der Waals surface area contributed by atoms with Crippen LogP contribution in [0.15, 0.2) is 40.2 Å². The van der Waals surface area contributed by atoms with Crippen LogP contribution in [-0.4, -0.2) is 68.7 Å². The number of fused-ring (bicyclic) bond motifs is 1. The van der Waals surface area contributed by atoms with Crippen LogP contribution in [0.5, 0.6) is 0 Å². The van der Waals surface area contributed by atoms with Crippen LogP contribution in [0.2, 0.25) is 0 Å². The van der Waals surface area contributed by atoms with E-state index in [0.29, 0.717) is 10.5 Å². The van der Waals surface area contributed by atoms with Gasteiger partial charge in [-0.2, -0.15) is 0 Å². The van der Waals surface area contributed by atoms with Gasteiger partial charge in [0.2, 0.25) is 9.70 Å². The molecule has 4 atom stereocenters. The molecular formula is C21H20BrCl3N2O7S. The molecule has 2 aliphatic heterocycles. The maximum Gasteiger partial charge on any atom is 0.322 e. The number of hydrogen-bond acceptors (Lipinski definition) is 8. The number of thioether (sulfide) groups is 1. The van der Waals surface area contributed by atoms with Gasteiger partial charge >= 0.3 is 11.9 Å². The Balaban J connectivity index is 1.79. The number of halogens is 4.